The molecule has 1 amide bonds. The van der Waals surface area contributed by atoms with Crippen LogP contribution in [0.3, 0.4) is 0 Å². The number of amides is 1. The van der Waals surface area contributed by atoms with Crippen molar-refractivity contribution in [2.45, 2.75) is 65.7 Å². The van der Waals surface area contributed by atoms with Crippen molar-refractivity contribution in [2.24, 2.45) is 11.0 Å². The van der Waals surface area contributed by atoms with Crippen molar-refractivity contribution >= 4 is 12.1 Å². The summed E-state index contributed by atoms with van der Waals surface area (Å²) in [6.45, 7) is 6.44. The van der Waals surface area contributed by atoms with Crippen LogP contribution in [-0.2, 0) is 4.79 Å². The van der Waals surface area contributed by atoms with Crippen LogP contribution in [-0.4, -0.2) is 12.1 Å². The van der Waals surface area contributed by atoms with Crippen molar-refractivity contribution in [2.75, 3.05) is 0 Å². The second-order valence-electron chi connectivity index (χ2n) is 4.64. The van der Waals surface area contributed by atoms with Gasteiger partial charge in [0.2, 0.25) is 5.91 Å². The Bertz CT molecular complexity index is 200. The second kappa shape index (κ2) is 10.7. The van der Waals surface area contributed by atoms with Crippen LogP contribution in [0.25, 0.3) is 0 Å². The molecule has 0 saturated carbocycles. The molecule has 0 atom stereocenters. The maximum atomic E-state index is 11.3. The van der Waals surface area contributed by atoms with Crippen LogP contribution in [0.5, 0.6) is 0 Å². The molecule has 0 rings (SSSR count). The third-order valence-electron chi connectivity index (χ3n) is 2.36. The number of nitrogens with zero attached hydrogens (tertiary/aromatic N) is 1. The van der Waals surface area contributed by atoms with E-state index in [1.807, 2.05) is 0 Å². The van der Waals surface area contributed by atoms with Gasteiger partial charge in [-0.3, -0.25) is 4.79 Å². The Kier molecular flexibility index (Phi) is 10.1. The average molecular weight is 226 g/mol. The molecule has 94 valence electrons. The summed E-state index contributed by atoms with van der Waals surface area (Å²) in [5.74, 6) is 0.631. The standard InChI is InChI=1S/C13H26N2O/c1-4-5-6-7-8-9-13(16)15-14-11-10-12(2)3/h11-12H,4-10H2,1-3H3,(H,15,16)/b14-11+. The smallest absolute Gasteiger partial charge is 0.240 e. The van der Waals surface area contributed by atoms with Gasteiger partial charge in [-0.25, -0.2) is 5.43 Å². The fraction of sp³-hybridized carbons (Fsp3) is 0.846. The monoisotopic (exact) mass is 226 g/mol. The number of nitrogens with one attached hydrogen (secondary N) is 1. The van der Waals surface area contributed by atoms with Crippen LogP contribution in [0, 0.1) is 5.92 Å². The summed E-state index contributed by atoms with van der Waals surface area (Å²) in [5, 5.41) is 3.90. The summed E-state index contributed by atoms with van der Waals surface area (Å²) in [7, 11) is 0. The predicted molar refractivity (Wildman–Crippen MR) is 69.5 cm³/mol. The van der Waals surface area contributed by atoms with Crippen LogP contribution < -0.4 is 5.43 Å². The van der Waals surface area contributed by atoms with Crippen molar-refractivity contribution in [3.63, 3.8) is 0 Å². The first-order chi connectivity index (χ1) is 7.66. The Labute approximate surface area is 99.7 Å². The maximum absolute atomic E-state index is 11.3. The fourth-order valence-corrected chi connectivity index (χ4v) is 1.33. The molecule has 0 heterocycles. The highest BCUT2D eigenvalue weighted by Crippen LogP contribution is 2.04. The molecule has 0 aromatic carbocycles. The number of hydrogen-bond donors (Lipinski definition) is 1. The highest BCUT2D eigenvalue weighted by Gasteiger charge is 1.98. The highest BCUT2D eigenvalue weighted by molar-refractivity contribution is 5.76. The Balaban J connectivity index is 3.34. The Morgan fingerprint density at radius 3 is 2.56 bits per heavy atom. The molecule has 3 nitrogen and oxygen atoms in total. The van der Waals surface area contributed by atoms with E-state index in [1.54, 1.807) is 6.21 Å². The minimum atomic E-state index is 0.0384. The third kappa shape index (κ3) is 11.2. The number of unbranched alkanes of at least 4 members (excludes halogenated alkanes) is 4. The molecule has 0 aromatic heterocycles. The third-order valence-corrected chi connectivity index (χ3v) is 2.36. The summed E-state index contributed by atoms with van der Waals surface area (Å²) < 4.78 is 0. The van der Waals surface area contributed by atoms with Gasteiger partial charge < -0.3 is 0 Å². The van der Waals surface area contributed by atoms with Crippen molar-refractivity contribution in [3.8, 4) is 0 Å². The molecular weight excluding hydrogens is 200 g/mol. The van der Waals surface area contributed by atoms with Crippen molar-refractivity contribution in [1.82, 2.24) is 5.43 Å². The van der Waals surface area contributed by atoms with Crippen molar-refractivity contribution in [3.05, 3.63) is 0 Å². The van der Waals surface area contributed by atoms with Crippen molar-refractivity contribution in [1.29, 1.82) is 0 Å². The maximum Gasteiger partial charge on any atom is 0.240 e. The van der Waals surface area contributed by atoms with E-state index in [4.69, 9.17) is 0 Å². The molecule has 16 heavy (non-hydrogen) atoms. The molecule has 0 fully saturated rings. The zero-order valence-corrected chi connectivity index (χ0v) is 11.0. The fourth-order valence-electron chi connectivity index (χ4n) is 1.33. The lowest BCUT2D eigenvalue weighted by Crippen LogP contribution is -2.16. The largest absolute Gasteiger partial charge is 0.273 e. The van der Waals surface area contributed by atoms with E-state index in [2.05, 4.69) is 31.3 Å². The van der Waals surface area contributed by atoms with Crippen LogP contribution in [0.4, 0.5) is 0 Å². The van der Waals surface area contributed by atoms with Gasteiger partial charge >= 0.3 is 0 Å². The Morgan fingerprint density at radius 1 is 1.25 bits per heavy atom. The molecular formula is C13H26N2O. The zero-order chi connectivity index (χ0) is 12.2. The predicted octanol–water partition coefficient (Wildman–Crippen LogP) is 3.50. The molecule has 1 N–H and O–H groups in total. The van der Waals surface area contributed by atoms with E-state index in [0.717, 1.165) is 19.3 Å². The van der Waals surface area contributed by atoms with Gasteiger partial charge in [0.1, 0.15) is 0 Å². The number of carbonyl (C=O) groups excluding carboxylic acids is 1. The van der Waals surface area contributed by atoms with E-state index in [-0.39, 0.29) is 5.91 Å². The lowest BCUT2D eigenvalue weighted by molar-refractivity contribution is -0.121. The van der Waals surface area contributed by atoms with E-state index in [1.165, 1.54) is 19.3 Å². The van der Waals surface area contributed by atoms with Gasteiger partial charge in [0.25, 0.3) is 0 Å². The molecule has 0 unspecified atom stereocenters. The summed E-state index contributed by atoms with van der Waals surface area (Å²) in [6, 6.07) is 0. The minimum absolute atomic E-state index is 0.0384. The van der Waals surface area contributed by atoms with Crippen LogP contribution in [0.1, 0.15) is 65.7 Å². The van der Waals surface area contributed by atoms with Crippen LogP contribution in [0.15, 0.2) is 5.10 Å². The molecule has 0 radical (unpaired) electrons. The lowest BCUT2D eigenvalue weighted by Gasteiger charge is -2.00. The van der Waals surface area contributed by atoms with E-state index in [9.17, 15) is 4.79 Å². The van der Waals surface area contributed by atoms with Gasteiger partial charge in [-0.2, -0.15) is 5.10 Å². The molecule has 0 aliphatic carbocycles. The first-order valence-corrected chi connectivity index (χ1v) is 6.47. The number of carbonyl (C=O) groups is 1. The molecule has 0 bridgehead atoms. The van der Waals surface area contributed by atoms with Gasteiger partial charge in [-0.15, -0.1) is 0 Å². The SMILES string of the molecule is CCCCCCCC(=O)N/N=C/CC(C)C. The molecule has 0 aliphatic heterocycles. The van der Waals surface area contributed by atoms with Gasteiger partial charge in [0, 0.05) is 12.6 Å². The summed E-state index contributed by atoms with van der Waals surface area (Å²) in [4.78, 5) is 11.3. The Morgan fingerprint density at radius 2 is 1.94 bits per heavy atom. The lowest BCUT2D eigenvalue weighted by atomic mass is 10.1. The highest BCUT2D eigenvalue weighted by atomic mass is 16.2. The van der Waals surface area contributed by atoms with Crippen molar-refractivity contribution < 1.29 is 4.79 Å². The first-order valence-electron chi connectivity index (χ1n) is 6.47. The van der Waals surface area contributed by atoms with Gasteiger partial charge in [-0.05, 0) is 18.8 Å². The normalized spacial score (nSPS) is 11.2. The molecule has 0 spiro atoms. The van der Waals surface area contributed by atoms with E-state index in [0.29, 0.717) is 12.3 Å². The van der Waals surface area contributed by atoms with E-state index >= 15 is 0 Å². The van der Waals surface area contributed by atoms with Crippen LogP contribution in [0.2, 0.25) is 0 Å². The topological polar surface area (TPSA) is 41.5 Å². The molecule has 3 heteroatoms. The summed E-state index contributed by atoms with van der Waals surface area (Å²) in [6.07, 6.45) is 9.17. The van der Waals surface area contributed by atoms with Gasteiger partial charge in [0.05, 0.1) is 0 Å². The number of hydrazone groups is 1. The number of hydrogen-bond acceptors (Lipinski definition) is 2. The molecule has 0 aliphatic rings. The van der Waals surface area contributed by atoms with Crippen LogP contribution >= 0.6 is 0 Å². The molecule has 0 saturated heterocycles. The number of rotatable bonds is 9. The quantitative estimate of drug-likeness (QED) is 0.365. The van der Waals surface area contributed by atoms with Gasteiger partial charge in [0.15, 0.2) is 0 Å². The summed E-state index contributed by atoms with van der Waals surface area (Å²) >= 11 is 0. The minimum Gasteiger partial charge on any atom is -0.273 e. The zero-order valence-electron chi connectivity index (χ0n) is 11.0. The second-order valence-corrected chi connectivity index (χ2v) is 4.64. The average Bonchev–Trinajstić information content (AvgIpc) is 2.24. The Hall–Kier alpha value is -0.860. The first kappa shape index (κ1) is 15.1. The van der Waals surface area contributed by atoms with E-state index < -0.39 is 0 Å². The molecule has 0 aromatic rings. The van der Waals surface area contributed by atoms with Gasteiger partial charge in [-0.1, -0.05) is 46.5 Å². The summed E-state index contributed by atoms with van der Waals surface area (Å²) in [5.41, 5.74) is 2.56.